The number of halogens is 2. The third-order valence-corrected chi connectivity index (χ3v) is 3.29. The quantitative estimate of drug-likeness (QED) is 0.811. The van der Waals surface area contributed by atoms with Crippen LogP contribution in [0.25, 0.3) is 0 Å². The number of carbonyl (C=O) groups is 1. The lowest BCUT2D eigenvalue weighted by Crippen LogP contribution is -2.20. The normalized spacial score (nSPS) is 10.5. The summed E-state index contributed by atoms with van der Waals surface area (Å²) in [7, 11) is 0. The third kappa shape index (κ3) is 5.66. The van der Waals surface area contributed by atoms with Crippen LogP contribution in [-0.2, 0) is 4.79 Å². The maximum atomic E-state index is 11.9. The highest BCUT2D eigenvalue weighted by Crippen LogP contribution is 2.27. The van der Waals surface area contributed by atoms with E-state index in [4.69, 9.17) is 32.7 Å². The van der Waals surface area contributed by atoms with E-state index in [1.54, 1.807) is 42.5 Å². The average Bonchev–Trinajstić information content (AvgIpc) is 2.48. The maximum Gasteiger partial charge on any atom is 0.262 e. The first-order chi connectivity index (χ1) is 10.9. The molecule has 2 aromatic rings. The molecular formula is C17H17Cl2NO3. The second-order valence-corrected chi connectivity index (χ2v) is 5.95. The molecule has 0 aliphatic rings. The Labute approximate surface area is 145 Å². The van der Waals surface area contributed by atoms with Gasteiger partial charge in [0.2, 0.25) is 0 Å². The summed E-state index contributed by atoms with van der Waals surface area (Å²) in [6.45, 7) is 3.76. The fourth-order valence-corrected chi connectivity index (χ4v) is 2.28. The maximum absolute atomic E-state index is 11.9. The minimum atomic E-state index is -0.284. The smallest absolute Gasteiger partial charge is 0.262 e. The predicted octanol–water partition coefficient (Wildman–Crippen LogP) is 4.80. The van der Waals surface area contributed by atoms with E-state index >= 15 is 0 Å². The van der Waals surface area contributed by atoms with E-state index in [0.29, 0.717) is 21.5 Å². The van der Waals surface area contributed by atoms with Gasteiger partial charge in [-0.3, -0.25) is 4.79 Å². The Morgan fingerprint density at radius 3 is 2.43 bits per heavy atom. The Balaban J connectivity index is 1.87. The van der Waals surface area contributed by atoms with Gasteiger partial charge in [0, 0.05) is 10.7 Å². The highest BCUT2D eigenvalue weighted by Gasteiger charge is 2.07. The zero-order valence-corrected chi connectivity index (χ0v) is 14.3. The topological polar surface area (TPSA) is 47.6 Å². The van der Waals surface area contributed by atoms with E-state index in [2.05, 4.69) is 5.32 Å². The molecule has 6 heteroatoms. The van der Waals surface area contributed by atoms with Crippen molar-refractivity contribution in [2.45, 2.75) is 20.0 Å². The molecule has 2 rings (SSSR count). The Bertz CT molecular complexity index is 672. The van der Waals surface area contributed by atoms with Gasteiger partial charge in [0.15, 0.2) is 6.61 Å². The molecule has 0 aliphatic carbocycles. The van der Waals surface area contributed by atoms with Crippen LogP contribution in [0.5, 0.6) is 11.5 Å². The summed E-state index contributed by atoms with van der Waals surface area (Å²) in [5.41, 5.74) is 0.664. The monoisotopic (exact) mass is 353 g/mol. The summed E-state index contributed by atoms with van der Waals surface area (Å²) >= 11 is 11.8. The van der Waals surface area contributed by atoms with Crippen LogP contribution < -0.4 is 14.8 Å². The molecule has 0 saturated heterocycles. The molecule has 0 fully saturated rings. The number of ether oxygens (including phenoxy) is 2. The van der Waals surface area contributed by atoms with Gasteiger partial charge in [-0.25, -0.2) is 0 Å². The van der Waals surface area contributed by atoms with Crippen LogP contribution >= 0.6 is 23.2 Å². The first-order valence-electron chi connectivity index (χ1n) is 7.08. The Morgan fingerprint density at radius 2 is 1.83 bits per heavy atom. The van der Waals surface area contributed by atoms with Crippen LogP contribution in [-0.4, -0.2) is 18.6 Å². The van der Waals surface area contributed by atoms with Gasteiger partial charge in [-0.15, -0.1) is 0 Å². The third-order valence-electron chi connectivity index (χ3n) is 2.76. The number of benzene rings is 2. The van der Waals surface area contributed by atoms with Gasteiger partial charge in [-0.05, 0) is 56.3 Å². The fourth-order valence-electron chi connectivity index (χ4n) is 1.82. The van der Waals surface area contributed by atoms with E-state index < -0.39 is 0 Å². The lowest BCUT2D eigenvalue weighted by Gasteiger charge is -2.11. The zero-order valence-electron chi connectivity index (χ0n) is 12.8. The van der Waals surface area contributed by atoms with Crippen LogP contribution in [0.2, 0.25) is 10.0 Å². The molecule has 2 aromatic carbocycles. The number of carbonyl (C=O) groups excluding carboxylic acids is 1. The standard InChI is InChI=1S/C17H17Cl2NO3/c1-11(2)23-14-6-4-13(5-7-14)20-17(21)10-22-16-8-3-12(18)9-15(16)19/h3-9,11H,10H2,1-2H3,(H,20,21). The first-order valence-corrected chi connectivity index (χ1v) is 7.84. The van der Waals surface area contributed by atoms with E-state index in [-0.39, 0.29) is 18.6 Å². The largest absolute Gasteiger partial charge is 0.491 e. The molecule has 0 atom stereocenters. The molecule has 0 bridgehead atoms. The lowest BCUT2D eigenvalue weighted by atomic mass is 10.3. The van der Waals surface area contributed by atoms with Gasteiger partial charge in [0.25, 0.3) is 5.91 Å². The molecule has 122 valence electrons. The van der Waals surface area contributed by atoms with Crippen molar-refractivity contribution in [2.24, 2.45) is 0 Å². The van der Waals surface area contributed by atoms with Crippen LogP contribution in [0, 0.1) is 0 Å². The molecule has 0 aromatic heterocycles. The molecule has 23 heavy (non-hydrogen) atoms. The number of nitrogens with one attached hydrogen (secondary N) is 1. The van der Waals surface area contributed by atoms with E-state index in [9.17, 15) is 4.79 Å². The molecular weight excluding hydrogens is 337 g/mol. The van der Waals surface area contributed by atoms with Crippen molar-refractivity contribution in [3.63, 3.8) is 0 Å². The molecule has 1 amide bonds. The van der Waals surface area contributed by atoms with Gasteiger partial charge < -0.3 is 14.8 Å². The number of amides is 1. The molecule has 1 N–H and O–H groups in total. The summed E-state index contributed by atoms with van der Waals surface area (Å²) in [6, 6.07) is 12.0. The van der Waals surface area contributed by atoms with Crippen molar-refractivity contribution in [2.75, 3.05) is 11.9 Å². The number of rotatable bonds is 6. The van der Waals surface area contributed by atoms with Crippen LogP contribution in [0.4, 0.5) is 5.69 Å². The molecule has 0 unspecified atom stereocenters. The minimum Gasteiger partial charge on any atom is -0.491 e. The van der Waals surface area contributed by atoms with Gasteiger partial charge in [-0.2, -0.15) is 0 Å². The summed E-state index contributed by atoms with van der Waals surface area (Å²) in [5, 5.41) is 3.61. The summed E-state index contributed by atoms with van der Waals surface area (Å²) in [5.74, 6) is 0.877. The van der Waals surface area contributed by atoms with E-state index in [1.165, 1.54) is 0 Å². The summed E-state index contributed by atoms with van der Waals surface area (Å²) in [4.78, 5) is 11.9. The van der Waals surface area contributed by atoms with E-state index in [1.807, 2.05) is 13.8 Å². The average molecular weight is 354 g/mol. The van der Waals surface area contributed by atoms with Crippen molar-refractivity contribution < 1.29 is 14.3 Å². The van der Waals surface area contributed by atoms with Gasteiger partial charge >= 0.3 is 0 Å². The first kappa shape index (κ1) is 17.4. The predicted molar refractivity (Wildman–Crippen MR) is 92.8 cm³/mol. The van der Waals surface area contributed by atoms with Crippen molar-refractivity contribution in [1.82, 2.24) is 0 Å². The summed E-state index contributed by atoms with van der Waals surface area (Å²) in [6.07, 6.45) is 0.105. The lowest BCUT2D eigenvalue weighted by molar-refractivity contribution is -0.118. The number of hydrogen-bond acceptors (Lipinski definition) is 3. The van der Waals surface area contributed by atoms with Gasteiger partial charge in [0.1, 0.15) is 11.5 Å². The molecule has 4 nitrogen and oxygen atoms in total. The second kappa shape index (κ2) is 8.09. The van der Waals surface area contributed by atoms with Gasteiger partial charge in [-0.1, -0.05) is 23.2 Å². The highest BCUT2D eigenvalue weighted by molar-refractivity contribution is 6.35. The summed E-state index contributed by atoms with van der Waals surface area (Å²) < 4.78 is 10.9. The second-order valence-electron chi connectivity index (χ2n) is 5.10. The van der Waals surface area contributed by atoms with Crippen molar-refractivity contribution in [3.8, 4) is 11.5 Å². The van der Waals surface area contributed by atoms with Crippen LogP contribution in [0.15, 0.2) is 42.5 Å². The van der Waals surface area contributed by atoms with Crippen molar-refractivity contribution in [1.29, 1.82) is 0 Å². The highest BCUT2D eigenvalue weighted by atomic mass is 35.5. The molecule has 0 heterocycles. The molecule has 0 saturated carbocycles. The fraction of sp³-hybridized carbons (Fsp3) is 0.235. The SMILES string of the molecule is CC(C)Oc1ccc(NC(=O)COc2ccc(Cl)cc2Cl)cc1. The minimum absolute atomic E-state index is 0.105. The Kier molecular flexibility index (Phi) is 6.13. The molecule has 0 aliphatic heterocycles. The number of anilines is 1. The Hall–Kier alpha value is -1.91. The van der Waals surface area contributed by atoms with E-state index in [0.717, 1.165) is 5.75 Å². The van der Waals surface area contributed by atoms with Crippen LogP contribution in [0.1, 0.15) is 13.8 Å². The van der Waals surface area contributed by atoms with Crippen LogP contribution in [0.3, 0.4) is 0 Å². The van der Waals surface area contributed by atoms with Crippen molar-refractivity contribution in [3.05, 3.63) is 52.5 Å². The Morgan fingerprint density at radius 1 is 1.13 bits per heavy atom. The molecule has 0 radical (unpaired) electrons. The number of hydrogen-bond donors (Lipinski definition) is 1. The molecule has 0 spiro atoms. The van der Waals surface area contributed by atoms with Crippen molar-refractivity contribution >= 4 is 34.8 Å². The zero-order chi connectivity index (χ0) is 16.8. The van der Waals surface area contributed by atoms with Gasteiger partial charge in [0.05, 0.1) is 11.1 Å².